The van der Waals surface area contributed by atoms with Gasteiger partial charge in [0.05, 0.1) is 0 Å². The van der Waals surface area contributed by atoms with Crippen molar-refractivity contribution in [3.8, 4) is 0 Å². The Morgan fingerprint density at radius 2 is 1.67 bits per heavy atom. The normalized spacial score (nSPS) is 14.0. The van der Waals surface area contributed by atoms with E-state index >= 15 is 0 Å². The lowest BCUT2D eigenvalue weighted by atomic mass is 10.1. The lowest BCUT2D eigenvalue weighted by Gasteiger charge is -2.27. The van der Waals surface area contributed by atoms with Crippen LogP contribution in [-0.4, -0.2) is 24.3 Å². The van der Waals surface area contributed by atoms with Gasteiger partial charge in [0.1, 0.15) is 0 Å². The van der Waals surface area contributed by atoms with Crippen molar-refractivity contribution in [2.75, 3.05) is 22.1 Å². The summed E-state index contributed by atoms with van der Waals surface area (Å²) in [7, 11) is 0. The van der Waals surface area contributed by atoms with Crippen molar-refractivity contribution >= 4 is 34.8 Å². The maximum Gasteiger partial charge on any atom is 0.314 e. The predicted octanol–water partition coefficient (Wildman–Crippen LogP) is 3.34. The van der Waals surface area contributed by atoms with E-state index in [0.29, 0.717) is 24.3 Å². The van der Waals surface area contributed by atoms with Crippen LogP contribution in [0.5, 0.6) is 0 Å². The van der Waals surface area contributed by atoms with Gasteiger partial charge in [-0.2, -0.15) is 0 Å². The largest absolute Gasteiger partial charge is 0.318 e. The van der Waals surface area contributed by atoms with Gasteiger partial charge in [0.15, 0.2) is 0 Å². The number of aryl methyl sites for hydroxylation is 1. The van der Waals surface area contributed by atoms with Gasteiger partial charge in [-0.1, -0.05) is 25.1 Å². The molecular weight excluding hydrogens is 342 g/mol. The average molecular weight is 365 g/mol. The Morgan fingerprint density at radius 3 is 2.33 bits per heavy atom. The molecule has 27 heavy (non-hydrogen) atoms. The summed E-state index contributed by atoms with van der Waals surface area (Å²) in [5.41, 5.74) is 2.93. The minimum Gasteiger partial charge on any atom is -0.318 e. The highest BCUT2D eigenvalue weighted by Crippen LogP contribution is 2.24. The third-order valence-electron chi connectivity index (χ3n) is 4.57. The highest BCUT2D eigenvalue weighted by Gasteiger charge is 2.20. The Bertz CT molecular complexity index is 846. The monoisotopic (exact) mass is 365 g/mol. The number of hydrogen-bond acceptors (Lipinski definition) is 3. The van der Waals surface area contributed by atoms with Gasteiger partial charge in [-0.3, -0.25) is 14.4 Å². The average Bonchev–Trinajstić information content (AvgIpc) is 2.69. The maximum atomic E-state index is 12.2. The van der Waals surface area contributed by atoms with Gasteiger partial charge >= 0.3 is 11.8 Å². The molecule has 6 heteroatoms. The van der Waals surface area contributed by atoms with E-state index < -0.39 is 11.8 Å². The van der Waals surface area contributed by atoms with Crippen molar-refractivity contribution in [2.45, 2.75) is 32.6 Å². The minimum atomic E-state index is -0.753. The maximum absolute atomic E-state index is 12.2. The number of piperidine rings is 1. The first kappa shape index (κ1) is 18.6. The number of rotatable bonds is 4. The molecule has 0 aromatic heterocycles. The topological polar surface area (TPSA) is 78.5 Å². The molecule has 0 atom stereocenters. The number of anilines is 3. The fourth-order valence-corrected chi connectivity index (χ4v) is 3.03. The molecule has 0 spiro atoms. The van der Waals surface area contributed by atoms with E-state index in [1.165, 1.54) is 0 Å². The van der Waals surface area contributed by atoms with Crippen molar-refractivity contribution in [1.82, 2.24) is 0 Å². The highest BCUT2D eigenvalue weighted by atomic mass is 16.2. The first-order chi connectivity index (χ1) is 13.1. The lowest BCUT2D eigenvalue weighted by Crippen LogP contribution is -2.35. The highest BCUT2D eigenvalue weighted by molar-refractivity contribution is 6.43. The molecule has 1 aliphatic rings. The quantitative estimate of drug-likeness (QED) is 0.816. The van der Waals surface area contributed by atoms with Crippen LogP contribution in [0.25, 0.3) is 0 Å². The second kappa shape index (κ2) is 8.49. The summed E-state index contributed by atoms with van der Waals surface area (Å²) in [6.07, 6.45) is 3.31. The molecule has 1 fully saturated rings. The van der Waals surface area contributed by atoms with Gasteiger partial charge < -0.3 is 15.5 Å². The molecule has 2 aromatic rings. The smallest absolute Gasteiger partial charge is 0.314 e. The third kappa shape index (κ3) is 4.73. The first-order valence-corrected chi connectivity index (χ1v) is 9.18. The predicted molar refractivity (Wildman–Crippen MR) is 106 cm³/mol. The Hall–Kier alpha value is -3.15. The zero-order chi connectivity index (χ0) is 19.2. The van der Waals surface area contributed by atoms with E-state index in [1.54, 1.807) is 35.2 Å². The SMILES string of the molecule is CCc1ccc(NC(=O)C(=O)Nc2cccc(N3CCCCC3=O)c2)cc1. The van der Waals surface area contributed by atoms with E-state index in [1.807, 2.05) is 25.1 Å². The van der Waals surface area contributed by atoms with Crippen molar-refractivity contribution in [3.63, 3.8) is 0 Å². The summed E-state index contributed by atoms with van der Waals surface area (Å²) in [5.74, 6) is -1.41. The Balaban J connectivity index is 1.63. The number of nitrogens with one attached hydrogen (secondary N) is 2. The van der Waals surface area contributed by atoms with E-state index in [0.717, 1.165) is 30.5 Å². The van der Waals surface area contributed by atoms with Crippen LogP contribution >= 0.6 is 0 Å². The van der Waals surface area contributed by atoms with Crippen LogP contribution in [0.15, 0.2) is 48.5 Å². The Labute approximate surface area is 158 Å². The lowest BCUT2D eigenvalue weighted by molar-refractivity contribution is -0.132. The molecule has 0 aliphatic carbocycles. The summed E-state index contributed by atoms with van der Waals surface area (Å²) in [4.78, 5) is 38.1. The zero-order valence-electron chi connectivity index (χ0n) is 15.3. The number of carbonyl (C=O) groups excluding carboxylic acids is 3. The van der Waals surface area contributed by atoms with Crippen LogP contribution in [0.4, 0.5) is 17.1 Å². The van der Waals surface area contributed by atoms with Crippen molar-refractivity contribution in [3.05, 3.63) is 54.1 Å². The third-order valence-corrected chi connectivity index (χ3v) is 4.57. The van der Waals surface area contributed by atoms with E-state index in [-0.39, 0.29) is 5.91 Å². The fourth-order valence-electron chi connectivity index (χ4n) is 3.03. The standard InChI is InChI=1S/C21H23N3O3/c1-2-15-9-11-16(12-10-15)22-20(26)21(27)23-17-6-5-7-18(14-17)24-13-4-3-8-19(24)25/h5-7,9-12,14H,2-4,8,13H2,1H3,(H,22,26)(H,23,27). The molecule has 0 saturated carbocycles. The second-order valence-corrected chi connectivity index (χ2v) is 6.51. The molecule has 3 rings (SSSR count). The van der Waals surface area contributed by atoms with E-state index in [4.69, 9.17) is 0 Å². The summed E-state index contributed by atoms with van der Waals surface area (Å²) in [6, 6.07) is 14.4. The fraction of sp³-hybridized carbons (Fsp3) is 0.286. The van der Waals surface area contributed by atoms with Gasteiger partial charge in [0.2, 0.25) is 5.91 Å². The summed E-state index contributed by atoms with van der Waals surface area (Å²) < 4.78 is 0. The van der Waals surface area contributed by atoms with Gasteiger partial charge in [-0.15, -0.1) is 0 Å². The van der Waals surface area contributed by atoms with Gasteiger partial charge in [0, 0.05) is 30.0 Å². The molecule has 1 saturated heterocycles. The number of carbonyl (C=O) groups is 3. The molecule has 2 N–H and O–H groups in total. The van der Waals surface area contributed by atoms with Crippen molar-refractivity contribution < 1.29 is 14.4 Å². The first-order valence-electron chi connectivity index (χ1n) is 9.18. The molecular formula is C21H23N3O3. The molecule has 0 bridgehead atoms. The second-order valence-electron chi connectivity index (χ2n) is 6.51. The number of benzene rings is 2. The van der Waals surface area contributed by atoms with Crippen LogP contribution in [0.3, 0.4) is 0 Å². The molecule has 6 nitrogen and oxygen atoms in total. The number of nitrogens with zero attached hydrogens (tertiary/aromatic N) is 1. The Kier molecular flexibility index (Phi) is 5.86. The van der Waals surface area contributed by atoms with Gasteiger partial charge in [0.25, 0.3) is 0 Å². The van der Waals surface area contributed by atoms with Crippen LogP contribution in [0, 0.1) is 0 Å². The van der Waals surface area contributed by atoms with Crippen molar-refractivity contribution in [2.24, 2.45) is 0 Å². The van der Waals surface area contributed by atoms with Crippen LogP contribution < -0.4 is 15.5 Å². The summed E-state index contributed by atoms with van der Waals surface area (Å²) >= 11 is 0. The zero-order valence-corrected chi connectivity index (χ0v) is 15.3. The molecule has 1 aliphatic heterocycles. The van der Waals surface area contributed by atoms with E-state index in [9.17, 15) is 14.4 Å². The molecule has 3 amide bonds. The van der Waals surface area contributed by atoms with Gasteiger partial charge in [-0.25, -0.2) is 0 Å². The van der Waals surface area contributed by atoms with Crippen LogP contribution in [-0.2, 0) is 20.8 Å². The van der Waals surface area contributed by atoms with Gasteiger partial charge in [-0.05, 0) is 55.2 Å². The summed E-state index contributed by atoms with van der Waals surface area (Å²) in [5, 5.41) is 5.17. The molecule has 0 unspecified atom stereocenters. The molecule has 0 radical (unpaired) electrons. The summed E-state index contributed by atoms with van der Waals surface area (Å²) in [6.45, 7) is 2.72. The Morgan fingerprint density at radius 1 is 0.963 bits per heavy atom. The van der Waals surface area contributed by atoms with Crippen molar-refractivity contribution in [1.29, 1.82) is 0 Å². The number of hydrogen-bond donors (Lipinski definition) is 2. The minimum absolute atomic E-state index is 0.0815. The molecule has 1 heterocycles. The van der Waals surface area contributed by atoms with Crippen LogP contribution in [0.2, 0.25) is 0 Å². The molecule has 2 aromatic carbocycles. The number of amides is 3. The van der Waals surface area contributed by atoms with E-state index in [2.05, 4.69) is 10.6 Å². The van der Waals surface area contributed by atoms with Crippen LogP contribution in [0.1, 0.15) is 31.7 Å². The molecule has 140 valence electrons.